The standard InChI is InChI=1S/C8H14N4O2/c1-3-11-5-6(10-7(13)9-5)12(4-2)8(11)14/h5-6H,3-4H2,1-2H3,(H2,9,10,13)/t5-,6+. The van der Waals surface area contributed by atoms with E-state index in [1.165, 1.54) is 0 Å². The maximum Gasteiger partial charge on any atom is 0.323 e. The molecule has 0 saturated carbocycles. The van der Waals surface area contributed by atoms with Crippen LogP contribution in [-0.2, 0) is 0 Å². The van der Waals surface area contributed by atoms with Crippen LogP contribution in [0.15, 0.2) is 0 Å². The zero-order chi connectivity index (χ0) is 10.3. The van der Waals surface area contributed by atoms with Gasteiger partial charge in [-0.3, -0.25) is 0 Å². The van der Waals surface area contributed by atoms with Gasteiger partial charge in [0.05, 0.1) is 0 Å². The SMILES string of the molecule is CCN1C(=O)N(CC)[C@H]2NC(=O)N[C@H]21. The fourth-order valence-corrected chi connectivity index (χ4v) is 2.03. The molecular formula is C8H14N4O2. The summed E-state index contributed by atoms with van der Waals surface area (Å²) in [6.45, 7) is 5.02. The molecule has 2 aliphatic heterocycles. The van der Waals surface area contributed by atoms with Crippen molar-refractivity contribution >= 4 is 12.1 Å². The first-order valence-electron chi connectivity index (χ1n) is 4.83. The molecule has 0 radical (unpaired) electrons. The van der Waals surface area contributed by atoms with E-state index in [2.05, 4.69) is 10.6 Å². The third kappa shape index (κ3) is 1.03. The summed E-state index contributed by atoms with van der Waals surface area (Å²) < 4.78 is 0. The van der Waals surface area contributed by atoms with Crippen LogP contribution >= 0.6 is 0 Å². The smallest absolute Gasteiger partial charge is 0.314 e. The molecule has 2 N–H and O–H groups in total. The lowest BCUT2D eigenvalue weighted by Gasteiger charge is -2.19. The van der Waals surface area contributed by atoms with E-state index in [4.69, 9.17) is 0 Å². The molecule has 0 spiro atoms. The van der Waals surface area contributed by atoms with E-state index in [0.29, 0.717) is 13.1 Å². The number of fused-ring (bicyclic) bond motifs is 1. The van der Waals surface area contributed by atoms with Crippen molar-refractivity contribution in [2.75, 3.05) is 13.1 Å². The summed E-state index contributed by atoms with van der Waals surface area (Å²) in [5, 5.41) is 5.45. The average molecular weight is 198 g/mol. The number of nitrogens with one attached hydrogen (secondary N) is 2. The number of hydrogen-bond donors (Lipinski definition) is 2. The quantitative estimate of drug-likeness (QED) is 0.641. The molecule has 4 amide bonds. The molecule has 2 heterocycles. The molecular weight excluding hydrogens is 184 g/mol. The van der Waals surface area contributed by atoms with Gasteiger partial charge in [-0.1, -0.05) is 0 Å². The Morgan fingerprint density at radius 3 is 1.86 bits per heavy atom. The van der Waals surface area contributed by atoms with Gasteiger partial charge in [-0.05, 0) is 13.8 Å². The minimum Gasteiger partial charge on any atom is -0.314 e. The number of amides is 4. The van der Waals surface area contributed by atoms with Crippen LogP contribution in [0.3, 0.4) is 0 Å². The highest BCUT2D eigenvalue weighted by Crippen LogP contribution is 2.21. The minimum absolute atomic E-state index is 0.0162. The Morgan fingerprint density at radius 2 is 1.50 bits per heavy atom. The van der Waals surface area contributed by atoms with Gasteiger partial charge >= 0.3 is 12.1 Å². The third-order valence-electron chi connectivity index (χ3n) is 2.70. The number of likely N-dealkylation sites (N-methyl/N-ethyl adjacent to an activating group) is 2. The molecule has 0 aliphatic carbocycles. The normalized spacial score (nSPS) is 30.4. The molecule has 2 aliphatic rings. The van der Waals surface area contributed by atoms with Gasteiger partial charge in [-0.15, -0.1) is 0 Å². The minimum atomic E-state index is -0.208. The molecule has 6 heteroatoms. The van der Waals surface area contributed by atoms with Crippen LogP contribution in [0.4, 0.5) is 9.59 Å². The summed E-state index contributed by atoms with van der Waals surface area (Å²) in [5.41, 5.74) is 0. The van der Waals surface area contributed by atoms with E-state index >= 15 is 0 Å². The van der Waals surface area contributed by atoms with E-state index in [9.17, 15) is 9.59 Å². The average Bonchev–Trinajstić information content (AvgIpc) is 2.59. The van der Waals surface area contributed by atoms with Crippen LogP contribution in [0.1, 0.15) is 13.8 Å². The maximum atomic E-state index is 11.7. The largest absolute Gasteiger partial charge is 0.323 e. The lowest BCUT2D eigenvalue weighted by atomic mass is 10.4. The highest BCUT2D eigenvalue weighted by molar-refractivity contribution is 5.84. The van der Waals surface area contributed by atoms with E-state index in [0.717, 1.165) is 0 Å². The molecule has 2 fully saturated rings. The Balaban J connectivity index is 2.24. The second kappa shape index (κ2) is 3.04. The van der Waals surface area contributed by atoms with Crippen LogP contribution in [0.25, 0.3) is 0 Å². The monoisotopic (exact) mass is 198 g/mol. The number of urea groups is 2. The lowest BCUT2D eigenvalue weighted by Crippen LogP contribution is -2.43. The highest BCUT2D eigenvalue weighted by Gasteiger charge is 2.49. The van der Waals surface area contributed by atoms with Crippen LogP contribution in [0, 0.1) is 0 Å². The second-order valence-electron chi connectivity index (χ2n) is 3.36. The fraction of sp³-hybridized carbons (Fsp3) is 0.750. The van der Waals surface area contributed by atoms with Gasteiger partial charge in [-0.25, -0.2) is 9.59 Å². The maximum absolute atomic E-state index is 11.7. The van der Waals surface area contributed by atoms with Crippen molar-refractivity contribution in [2.24, 2.45) is 0 Å². The zero-order valence-corrected chi connectivity index (χ0v) is 8.28. The number of nitrogens with zero attached hydrogens (tertiary/aromatic N) is 2. The number of carbonyl (C=O) groups is 2. The Bertz CT molecular complexity index is 257. The number of rotatable bonds is 2. The molecule has 0 aromatic rings. The third-order valence-corrected chi connectivity index (χ3v) is 2.70. The van der Waals surface area contributed by atoms with E-state index < -0.39 is 0 Å². The molecule has 0 unspecified atom stereocenters. The van der Waals surface area contributed by atoms with Crippen molar-refractivity contribution in [3.05, 3.63) is 0 Å². The Labute approximate surface area is 82.2 Å². The van der Waals surface area contributed by atoms with Crippen molar-refractivity contribution in [1.29, 1.82) is 0 Å². The van der Waals surface area contributed by atoms with Gasteiger partial charge in [0.2, 0.25) is 0 Å². The van der Waals surface area contributed by atoms with Gasteiger partial charge in [0.25, 0.3) is 0 Å². The first-order valence-corrected chi connectivity index (χ1v) is 4.83. The molecule has 6 nitrogen and oxygen atoms in total. The topological polar surface area (TPSA) is 64.7 Å². The summed E-state index contributed by atoms with van der Waals surface area (Å²) >= 11 is 0. The Morgan fingerprint density at radius 1 is 1.07 bits per heavy atom. The molecule has 0 aromatic heterocycles. The summed E-state index contributed by atoms with van der Waals surface area (Å²) in [4.78, 5) is 26.2. The van der Waals surface area contributed by atoms with Gasteiger partial charge < -0.3 is 20.4 Å². The first kappa shape index (κ1) is 9.11. The van der Waals surface area contributed by atoms with Crippen molar-refractivity contribution in [3.63, 3.8) is 0 Å². The van der Waals surface area contributed by atoms with Crippen molar-refractivity contribution in [1.82, 2.24) is 20.4 Å². The fourth-order valence-electron chi connectivity index (χ4n) is 2.03. The predicted octanol–water partition coefficient (Wildman–Crippen LogP) is -0.271. The molecule has 0 bridgehead atoms. The van der Waals surface area contributed by atoms with Gasteiger partial charge in [0, 0.05) is 13.1 Å². The van der Waals surface area contributed by atoms with Gasteiger partial charge in [0.1, 0.15) is 12.3 Å². The summed E-state index contributed by atoms with van der Waals surface area (Å²) in [5.74, 6) is 0. The Hall–Kier alpha value is -1.46. The molecule has 2 atom stereocenters. The van der Waals surface area contributed by atoms with Gasteiger partial charge in [-0.2, -0.15) is 0 Å². The van der Waals surface area contributed by atoms with Crippen molar-refractivity contribution < 1.29 is 9.59 Å². The molecule has 78 valence electrons. The number of hydrogen-bond acceptors (Lipinski definition) is 2. The first-order chi connectivity index (χ1) is 6.69. The highest BCUT2D eigenvalue weighted by atomic mass is 16.2. The predicted molar refractivity (Wildman–Crippen MR) is 49.4 cm³/mol. The number of carbonyl (C=O) groups excluding carboxylic acids is 2. The van der Waals surface area contributed by atoms with Crippen molar-refractivity contribution in [3.8, 4) is 0 Å². The van der Waals surface area contributed by atoms with E-state index in [-0.39, 0.29) is 24.4 Å². The molecule has 0 aromatic carbocycles. The Kier molecular flexibility index (Phi) is 1.98. The molecule has 14 heavy (non-hydrogen) atoms. The van der Waals surface area contributed by atoms with Crippen LogP contribution in [0.5, 0.6) is 0 Å². The zero-order valence-electron chi connectivity index (χ0n) is 8.28. The van der Waals surface area contributed by atoms with Crippen molar-refractivity contribution in [2.45, 2.75) is 26.2 Å². The summed E-state index contributed by atoms with van der Waals surface area (Å²) in [6, 6.07) is -0.220. The van der Waals surface area contributed by atoms with E-state index in [1.54, 1.807) is 9.80 Å². The summed E-state index contributed by atoms with van der Waals surface area (Å²) in [7, 11) is 0. The van der Waals surface area contributed by atoms with Crippen LogP contribution < -0.4 is 10.6 Å². The van der Waals surface area contributed by atoms with Crippen LogP contribution in [0.2, 0.25) is 0 Å². The lowest BCUT2D eigenvalue weighted by molar-refractivity contribution is 0.181. The summed E-state index contributed by atoms with van der Waals surface area (Å²) in [6.07, 6.45) is -0.417. The molecule has 2 saturated heterocycles. The van der Waals surface area contributed by atoms with E-state index in [1.807, 2.05) is 13.8 Å². The second-order valence-corrected chi connectivity index (χ2v) is 3.36. The molecule has 2 rings (SSSR count). The van der Waals surface area contributed by atoms with Crippen LogP contribution in [-0.4, -0.2) is 47.3 Å². The van der Waals surface area contributed by atoms with Gasteiger partial charge in [0.15, 0.2) is 0 Å².